The lowest BCUT2D eigenvalue weighted by Crippen LogP contribution is -2.41. The Bertz CT molecular complexity index is 1090. The largest absolute Gasteiger partial charge is 0.497 e. The zero-order chi connectivity index (χ0) is 21.5. The lowest BCUT2D eigenvalue weighted by atomic mass is 9.78. The Hall–Kier alpha value is -2.83. The van der Waals surface area contributed by atoms with Crippen LogP contribution in [0.1, 0.15) is 38.1 Å². The summed E-state index contributed by atoms with van der Waals surface area (Å²) in [5.74, 6) is 0.523. The maximum atomic E-state index is 12.9. The predicted octanol–water partition coefficient (Wildman–Crippen LogP) is 4.40. The van der Waals surface area contributed by atoms with Gasteiger partial charge in [-0.15, -0.1) is 0 Å². The number of nitrogens with one attached hydrogen (secondary N) is 1. The summed E-state index contributed by atoms with van der Waals surface area (Å²) < 4.78 is 17.6. The predicted molar refractivity (Wildman–Crippen MR) is 121 cm³/mol. The summed E-state index contributed by atoms with van der Waals surface area (Å²) in [6, 6.07) is 19.0. The number of carbonyl (C=O) groups is 1. The molecule has 0 radical (unpaired) electrons. The van der Waals surface area contributed by atoms with Gasteiger partial charge in [0, 0.05) is 17.3 Å². The molecular weight excluding hydrogens is 377 g/mol. The van der Waals surface area contributed by atoms with E-state index in [2.05, 4.69) is 5.32 Å². The van der Waals surface area contributed by atoms with E-state index < -0.39 is 18.3 Å². The van der Waals surface area contributed by atoms with Crippen LogP contribution in [0.15, 0.2) is 60.7 Å². The molecule has 0 bridgehead atoms. The monoisotopic (exact) mass is 403 g/mol. The summed E-state index contributed by atoms with van der Waals surface area (Å²) in [5.41, 5.74) is 1.43. The van der Waals surface area contributed by atoms with E-state index in [0.717, 1.165) is 16.2 Å². The van der Waals surface area contributed by atoms with E-state index in [4.69, 9.17) is 14.0 Å². The number of carbonyl (C=O) groups excluding carboxylic acids is 1. The maximum absolute atomic E-state index is 12.9. The number of hydrogen-bond donors (Lipinski definition) is 1. The van der Waals surface area contributed by atoms with Crippen molar-refractivity contribution in [2.24, 2.45) is 0 Å². The van der Waals surface area contributed by atoms with Gasteiger partial charge in [0.05, 0.1) is 18.3 Å². The highest BCUT2D eigenvalue weighted by Crippen LogP contribution is 2.36. The van der Waals surface area contributed by atoms with Crippen molar-refractivity contribution in [3.05, 3.63) is 66.2 Å². The number of rotatable bonds is 4. The molecule has 1 heterocycles. The standard InChI is InChI=1S/C24H26BNO4/c1-23(2)24(3,4)30-25(29-23)17-12-13-20-16(14-17)8-6-11-21(20)22(27)26-18-9-7-10-19(15-18)28-5/h6-15H,1-5H3,(H,26,27). The molecule has 1 aliphatic rings. The molecule has 5 nitrogen and oxygen atoms in total. The van der Waals surface area contributed by atoms with Crippen molar-refractivity contribution >= 4 is 34.9 Å². The smallest absolute Gasteiger partial charge is 0.494 e. The average Bonchev–Trinajstić information content (AvgIpc) is 2.94. The van der Waals surface area contributed by atoms with E-state index in [9.17, 15) is 4.79 Å². The maximum Gasteiger partial charge on any atom is 0.494 e. The summed E-state index contributed by atoms with van der Waals surface area (Å²) in [5, 5.41) is 4.78. The fraction of sp³-hybridized carbons (Fsp3) is 0.292. The summed E-state index contributed by atoms with van der Waals surface area (Å²) in [4.78, 5) is 12.9. The van der Waals surface area contributed by atoms with Crippen molar-refractivity contribution in [3.8, 4) is 5.75 Å². The van der Waals surface area contributed by atoms with Gasteiger partial charge in [0.15, 0.2) is 0 Å². The molecule has 0 atom stereocenters. The SMILES string of the molecule is COc1cccc(NC(=O)c2cccc3cc(B4OC(C)(C)C(C)(C)O4)ccc23)c1. The minimum atomic E-state index is -0.436. The molecule has 0 unspecified atom stereocenters. The Kier molecular flexibility index (Phi) is 5.08. The van der Waals surface area contributed by atoms with Gasteiger partial charge in [0.25, 0.3) is 5.91 Å². The van der Waals surface area contributed by atoms with Crippen molar-refractivity contribution in [2.45, 2.75) is 38.9 Å². The molecule has 0 spiro atoms. The quantitative estimate of drug-likeness (QED) is 0.657. The first-order chi connectivity index (χ1) is 14.2. The van der Waals surface area contributed by atoms with E-state index in [1.54, 1.807) is 13.2 Å². The summed E-state index contributed by atoms with van der Waals surface area (Å²) in [6.45, 7) is 8.15. The van der Waals surface area contributed by atoms with Crippen LogP contribution < -0.4 is 15.5 Å². The second-order valence-corrected chi connectivity index (χ2v) is 8.56. The number of hydrogen-bond acceptors (Lipinski definition) is 4. The third kappa shape index (κ3) is 3.69. The second kappa shape index (κ2) is 7.45. The molecular formula is C24H26BNO4. The van der Waals surface area contributed by atoms with Crippen molar-refractivity contribution in [2.75, 3.05) is 12.4 Å². The Labute approximate surface area is 177 Å². The molecule has 1 amide bonds. The summed E-state index contributed by atoms with van der Waals surface area (Å²) in [6.07, 6.45) is 0. The summed E-state index contributed by atoms with van der Waals surface area (Å²) in [7, 11) is 1.16. The van der Waals surface area contributed by atoms with Gasteiger partial charge < -0.3 is 19.4 Å². The number of anilines is 1. The number of benzene rings is 3. The second-order valence-electron chi connectivity index (χ2n) is 8.56. The van der Waals surface area contributed by atoms with Gasteiger partial charge in [-0.3, -0.25) is 4.79 Å². The van der Waals surface area contributed by atoms with E-state index >= 15 is 0 Å². The molecule has 0 aliphatic carbocycles. The average molecular weight is 403 g/mol. The Morgan fingerprint density at radius 1 is 0.933 bits per heavy atom. The van der Waals surface area contributed by atoms with Gasteiger partial charge in [-0.25, -0.2) is 0 Å². The summed E-state index contributed by atoms with van der Waals surface area (Å²) >= 11 is 0. The third-order valence-corrected chi connectivity index (χ3v) is 6.00. The van der Waals surface area contributed by atoms with Crippen LogP contribution in [0.2, 0.25) is 0 Å². The van der Waals surface area contributed by atoms with Crippen molar-refractivity contribution in [3.63, 3.8) is 0 Å². The molecule has 30 heavy (non-hydrogen) atoms. The normalized spacial score (nSPS) is 17.2. The van der Waals surface area contributed by atoms with Gasteiger partial charge in [-0.2, -0.15) is 0 Å². The van der Waals surface area contributed by atoms with E-state index in [0.29, 0.717) is 17.0 Å². The molecule has 6 heteroatoms. The lowest BCUT2D eigenvalue weighted by Gasteiger charge is -2.32. The van der Waals surface area contributed by atoms with Crippen LogP contribution in [-0.4, -0.2) is 31.3 Å². The minimum absolute atomic E-state index is 0.169. The number of methoxy groups -OCH3 is 1. The van der Waals surface area contributed by atoms with E-state index in [1.165, 1.54) is 0 Å². The van der Waals surface area contributed by atoms with Gasteiger partial charge >= 0.3 is 7.12 Å². The van der Waals surface area contributed by atoms with Crippen LogP contribution in [0.25, 0.3) is 10.8 Å². The van der Waals surface area contributed by atoms with E-state index in [1.807, 2.05) is 82.3 Å². The highest BCUT2D eigenvalue weighted by Gasteiger charge is 2.51. The van der Waals surface area contributed by atoms with Crippen LogP contribution in [0, 0.1) is 0 Å². The van der Waals surface area contributed by atoms with Gasteiger partial charge in [0.2, 0.25) is 0 Å². The fourth-order valence-corrected chi connectivity index (χ4v) is 3.53. The number of ether oxygens (including phenoxy) is 1. The number of fused-ring (bicyclic) bond motifs is 1. The first-order valence-electron chi connectivity index (χ1n) is 10.0. The molecule has 154 valence electrons. The van der Waals surface area contributed by atoms with Gasteiger partial charge in [-0.05, 0) is 62.1 Å². The third-order valence-electron chi connectivity index (χ3n) is 6.00. The van der Waals surface area contributed by atoms with Crippen molar-refractivity contribution in [1.82, 2.24) is 0 Å². The molecule has 4 rings (SSSR count). The molecule has 1 fully saturated rings. The molecule has 1 saturated heterocycles. The Morgan fingerprint density at radius 3 is 2.33 bits per heavy atom. The van der Waals surface area contributed by atoms with Gasteiger partial charge in [0.1, 0.15) is 5.75 Å². The zero-order valence-electron chi connectivity index (χ0n) is 18.0. The van der Waals surface area contributed by atoms with Crippen LogP contribution in [0.4, 0.5) is 5.69 Å². The molecule has 3 aromatic rings. The number of amides is 1. The van der Waals surface area contributed by atoms with Crippen LogP contribution in [0.3, 0.4) is 0 Å². The minimum Gasteiger partial charge on any atom is -0.497 e. The Balaban J connectivity index is 1.62. The first kappa shape index (κ1) is 20.4. The fourth-order valence-electron chi connectivity index (χ4n) is 3.53. The van der Waals surface area contributed by atoms with E-state index in [-0.39, 0.29) is 5.91 Å². The molecule has 0 saturated carbocycles. The Morgan fingerprint density at radius 2 is 1.63 bits per heavy atom. The van der Waals surface area contributed by atoms with Crippen LogP contribution in [-0.2, 0) is 9.31 Å². The van der Waals surface area contributed by atoms with Crippen molar-refractivity contribution < 1.29 is 18.8 Å². The zero-order valence-corrected chi connectivity index (χ0v) is 18.0. The topological polar surface area (TPSA) is 56.8 Å². The lowest BCUT2D eigenvalue weighted by molar-refractivity contribution is 0.00578. The molecule has 0 aromatic heterocycles. The molecule has 1 aliphatic heterocycles. The van der Waals surface area contributed by atoms with Crippen LogP contribution >= 0.6 is 0 Å². The highest BCUT2D eigenvalue weighted by molar-refractivity contribution is 6.62. The van der Waals surface area contributed by atoms with Gasteiger partial charge in [-0.1, -0.05) is 36.4 Å². The highest BCUT2D eigenvalue weighted by atomic mass is 16.7. The molecule has 3 aromatic carbocycles. The first-order valence-corrected chi connectivity index (χ1v) is 10.0. The van der Waals surface area contributed by atoms with Crippen LogP contribution in [0.5, 0.6) is 5.75 Å². The van der Waals surface area contributed by atoms with Crippen molar-refractivity contribution in [1.29, 1.82) is 0 Å². The molecule has 1 N–H and O–H groups in total.